The lowest BCUT2D eigenvalue weighted by atomic mass is 9.95. The maximum Gasteiger partial charge on any atom is 0.242 e. The number of hydrogen-bond donors (Lipinski definition) is 1. The monoisotopic (exact) mass is 316 g/mol. The molecule has 4 nitrogen and oxygen atoms in total. The number of ether oxygens (including phenoxy) is 1. The van der Waals surface area contributed by atoms with Gasteiger partial charge in [0.15, 0.2) is 0 Å². The zero-order chi connectivity index (χ0) is 16.4. The molecular weight excluding hydrogens is 288 g/mol. The van der Waals surface area contributed by atoms with Crippen LogP contribution in [-0.2, 0) is 4.79 Å². The number of aryl methyl sites for hydroxylation is 2. The first-order chi connectivity index (χ1) is 11.0. The van der Waals surface area contributed by atoms with Crippen LogP contribution in [0.1, 0.15) is 49.7 Å². The van der Waals surface area contributed by atoms with Gasteiger partial charge in [0, 0.05) is 25.9 Å². The molecule has 0 atom stereocenters. The molecule has 1 aromatic rings. The molecule has 0 radical (unpaired) electrons. The standard InChI is InChI=1S/C19H28N2O2/c1-14-5-6-15(2)17(13-14)23-16-7-11-21(12-8-16)18(22)19(20)9-3-4-10-19/h5-6,13,16H,3-4,7-12,20H2,1-2H3. The lowest BCUT2D eigenvalue weighted by Gasteiger charge is -2.37. The number of rotatable bonds is 3. The number of carbonyl (C=O) groups excluding carboxylic acids is 1. The average Bonchev–Trinajstić information content (AvgIpc) is 2.99. The van der Waals surface area contributed by atoms with E-state index in [1.165, 1.54) is 11.1 Å². The van der Waals surface area contributed by atoms with Crippen molar-refractivity contribution in [3.63, 3.8) is 0 Å². The number of likely N-dealkylation sites (tertiary alicyclic amines) is 1. The van der Waals surface area contributed by atoms with Gasteiger partial charge in [-0.25, -0.2) is 0 Å². The normalized spacial score (nSPS) is 21.4. The van der Waals surface area contributed by atoms with E-state index in [1.807, 2.05) is 4.90 Å². The summed E-state index contributed by atoms with van der Waals surface area (Å²) in [6, 6.07) is 6.30. The smallest absolute Gasteiger partial charge is 0.242 e. The predicted molar refractivity (Wildman–Crippen MR) is 91.5 cm³/mol. The first-order valence-corrected chi connectivity index (χ1v) is 8.80. The fourth-order valence-electron chi connectivity index (χ4n) is 3.73. The highest BCUT2D eigenvalue weighted by molar-refractivity contribution is 5.86. The topological polar surface area (TPSA) is 55.6 Å². The second-order valence-electron chi connectivity index (χ2n) is 7.24. The Kier molecular flexibility index (Phi) is 4.62. The van der Waals surface area contributed by atoms with E-state index in [1.54, 1.807) is 0 Å². The molecular formula is C19H28N2O2. The number of hydrogen-bond acceptors (Lipinski definition) is 3. The molecule has 3 rings (SSSR count). The van der Waals surface area contributed by atoms with E-state index in [-0.39, 0.29) is 12.0 Å². The van der Waals surface area contributed by atoms with Gasteiger partial charge in [0.05, 0.1) is 5.54 Å². The van der Waals surface area contributed by atoms with E-state index >= 15 is 0 Å². The maximum atomic E-state index is 12.6. The number of piperidine rings is 1. The van der Waals surface area contributed by atoms with Crippen molar-refractivity contribution in [2.45, 2.75) is 64.0 Å². The minimum atomic E-state index is -0.596. The van der Waals surface area contributed by atoms with Crippen molar-refractivity contribution >= 4 is 5.91 Å². The lowest BCUT2D eigenvalue weighted by Crippen LogP contribution is -2.56. The van der Waals surface area contributed by atoms with Crippen molar-refractivity contribution in [2.75, 3.05) is 13.1 Å². The SMILES string of the molecule is Cc1ccc(C)c(OC2CCN(C(=O)C3(N)CCCC3)CC2)c1. The van der Waals surface area contributed by atoms with Crippen LogP contribution in [-0.4, -0.2) is 35.5 Å². The summed E-state index contributed by atoms with van der Waals surface area (Å²) in [6.45, 7) is 5.67. The molecule has 2 aliphatic rings. The molecule has 2 fully saturated rings. The predicted octanol–water partition coefficient (Wildman–Crippen LogP) is 2.94. The van der Waals surface area contributed by atoms with Gasteiger partial charge in [-0.2, -0.15) is 0 Å². The van der Waals surface area contributed by atoms with Crippen LogP contribution in [0, 0.1) is 13.8 Å². The summed E-state index contributed by atoms with van der Waals surface area (Å²) in [7, 11) is 0. The minimum Gasteiger partial charge on any atom is -0.490 e. The highest BCUT2D eigenvalue weighted by Gasteiger charge is 2.40. The Labute approximate surface area is 139 Å². The van der Waals surface area contributed by atoms with E-state index < -0.39 is 5.54 Å². The van der Waals surface area contributed by atoms with E-state index in [9.17, 15) is 4.79 Å². The Morgan fingerprint density at radius 1 is 1.22 bits per heavy atom. The summed E-state index contributed by atoms with van der Waals surface area (Å²) in [5.41, 5.74) is 8.09. The third kappa shape index (κ3) is 3.52. The van der Waals surface area contributed by atoms with Crippen molar-refractivity contribution in [3.8, 4) is 5.75 Å². The molecule has 126 valence electrons. The second-order valence-corrected chi connectivity index (χ2v) is 7.24. The van der Waals surface area contributed by atoms with Gasteiger partial charge in [0.1, 0.15) is 11.9 Å². The Hall–Kier alpha value is -1.55. The molecule has 1 saturated heterocycles. The highest BCUT2D eigenvalue weighted by atomic mass is 16.5. The van der Waals surface area contributed by atoms with Gasteiger partial charge in [-0.1, -0.05) is 25.0 Å². The van der Waals surface area contributed by atoms with Crippen molar-refractivity contribution in [3.05, 3.63) is 29.3 Å². The van der Waals surface area contributed by atoms with Crippen molar-refractivity contribution in [2.24, 2.45) is 5.73 Å². The van der Waals surface area contributed by atoms with Gasteiger partial charge in [0.25, 0.3) is 0 Å². The lowest BCUT2D eigenvalue weighted by molar-refractivity contribution is -0.138. The number of benzene rings is 1. The van der Waals surface area contributed by atoms with Crippen LogP contribution in [0.4, 0.5) is 0 Å². The third-order valence-corrected chi connectivity index (χ3v) is 5.29. The first-order valence-electron chi connectivity index (χ1n) is 8.80. The molecule has 0 unspecified atom stereocenters. The van der Waals surface area contributed by atoms with E-state index in [0.717, 1.165) is 57.4 Å². The molecule has 0 bridgehead atoms. The fourth-order valence-corrected chi connectivity index (χ4v) is 3.73. The van der Waals surface area contributed by atoms with E-state index in [0.29, 0.717) is 0 Å². The van der Waals surface area contributed by atoms with Crippen LogP contribution in [0.15, 0.2) is 18.2 Å². The van der Waals surface area contributed by atoms with Gasteiger partial charge in [0.2, 0.25) is 5.91 Å². The Morgan fingerprint density at radius 2 is 1.87 bits per heavy atom. The number of nitrogens with two attached hydrogens (primary N) is 1. The highest BCUT2D eigenvalue weighted by Crippen LogP contribution is 2.30. The molecule has 1 aliphatic carbocycles. The van der Waals surface area contributed by atoms with Gasteiger partial charge in [-0.15, -0.1) is 0 Å². The van der Waals surface area contributed by atoms with Crippen LogP contribution < -0.4 is 10.5 Å². The molecule has 1 saturated carbocycles. The van der Waals surface area contributed by atoms with Crippen molar-refractivity contribution in [1.29, 1.82) is 0 Å². The molecule has 1 heterocycles. The summed E-state index contributed by atoms with van der Waals surface area (Å²) in [6.07, 6.45) is 5.79. The molecule has 0 aromatic heterocycles. The summed E-state index contributed by atoms with van der Waals surface area (Å²) >= 11 is 0. The van der Waals surface area contributed by atoms with Crippen molar-refractivity contribution < 1.29 is 9.53 Å². The zero-order valence-corrected chi connectivity index (χ0v) is 14.3. The molecule has 2 N–H and O–H groups in total. The quantitative estimate of drug-likeness (QED) is 0.933. The Balaban J connectivity index is 1.56. The van der Waals surface area contributed by atoms with E-state index in [4.69, 9.17) is 10.5 Å². The summed E-state index contributed by atoms with van der Waals surface area (Å²) in [5.74, 6) is 1.13. The van der Waals surface area contributed by atoms with Gasteiger partial charge >= 0.3 is 0 Å². The molecule has 1 amide bonds. The fraction of sp³-hybridized carbons (Fsp3) is 0.632. The molecule has 1 aromatic carbocycles. The molecule has 1 aliphatic heterocycles. The maximum absolute atomic E-state index is 12.6. The average molecular weight is 316 g/mol. The largest absolute Gasteiger partial charge is 0.490 e. The first kappa shape index (κ1) is 16.3. The van der Waals surface area contributed by atoms with Crippen molar-refractivity contribution in [1.82, 2.24) is 4.90 Å². The number of carbonyl (C=O) groups is 1. The minimum absolute atomic E-state index is 0.153. The zero-order valence-electron chi connectivity index (χ0n) is 14.3. The van der Waals surface area contributed by atoms with E-state index in [2.05, 4.69) is 32.0 Å². The van der Waals surface area contributed by atoms with Crippen LogP contribution >= 0.6 is 0 Å². The van der Waals surface area contributed by atoms with Crippen LogP contribution in [0.5, 0.6) is 5.75 Å². The third-order valence-electron chi connectivity index (χ3n) is 5.29. The summed E-state index contributed by atoms with van der Waals surface area (Å²) < 4.78 is 6.18. The molecule has 23 heavy (non-hydrogen) atoms. The summed E-state index contributed by atoms with van der Waals surface area (Å²) in [5, 5.41) is 0. The van der Waals surface area contributed by atoms with Crippen LogP contribution in [0.25, 0.3) is 0 Å². The molecule has 4 heteroatoms. The van der Waals surface area contributed by atoms with Gasteiger partial charge in [-0.3, -0.25) is 4.79 Å². The summed E-state index contributed by atoms with van der Waals surface area (Å²) in [4.78, 5) is 14.6. The number of amides is 1. The second kappa shape index (κ2) is 6.52. The van der Waals surface area contributed by atoms with Crippen LogP contribution in [0.2, 0.25) is 0 Å². The Morgan fingerprint density at radius 3 is 2.52 bits per heavy atom. The van der Waals surface area contributed by atoms with Gasteiger partial charge < -0.3 is 15.4 Å². The van der Waals surface area contributed by atoms with Gasteiger partial charge in [-0.05, 0) is 43.9 Å². The number of nitrogens with zero attached hydrogens (tertiary/aromatic N) is 1. The van der Waals surface area contributed by atoms with Crippen LogP contribution in [0.3, 0.4) is 0 Å². The molecule has 0 spiro atoms. The Bertz CT molecular complexity index is 571.